The Labute approximate surface area is 112 Å². The van der Waals surface area contributed by atoms with Crippen molar-refractivity contribution in [2.24, 2.45) is 0 Å². The molecule has 1 fully saturated rings. The molecule has 0 unspecified atom stereocenters. The molecule has 2 N–H and O–H groups in total. The summed E-state index contributed by atoms with van der Waals surface area (Å²) >= 11 is 5.17. The summed E-state index contributed by atoms with van der Waals surface area (Å²) in [5.41, 5.74) is 0.801. The van der Waals surface area contributed by atoms with Crippen LogP contribution in [0.15, 0.2) is 24.3 Å². The number of rotatable bonds is 4. The minimum Gasteiger partial charge on any atom is -0.361 e. The summed E-state index contributed by atoms with van der Waals surface area (Å²) in [5.74, 6) is -0.242. The van der Waals surface area contributed by atoms with Crippen LogP contribution in [0.2, 0.25) is 0 Å². The Kier molecular flexibility index (Phi) is 4.90. The number of hydrogen-bond acceptors (Lipinski definition) is 2. The summed E-state index contributed by atoms with van der Waals surface area (Å²) in [6.07, 6.45) is 2.61. The standard InChI is InChI=1S/C13H18FN3S/c14-11-3-5-12(6-4-11)16-13(18)15-7-10-17-8-1-2-9-17/h3-6H,1-2,7-10H2,(H2,15,16,18). The Hall–Kier alpha value is -1.20. The van der Waals surface area contributed by atoms with Crippen LogP contribution in [0.4, 0.5) is 10.1 Å². The number of anilines is 1. The number of halogens is 1. The highest BCUT2D eigenvalue weighted by atomic mass is 32.1. The highest BCUT2D eigenvalue weighted by molar-refractivity contribution is 7.80. The average Bonchev–Trinajstić information content (AvgIpc) is 2.85. The molecule has 0 spiro atoms. The number of likely N-dealkylation sites (tertiary alicyclic amines) is 1. The molecule has 5 heteroatoms. The molecule has 1 aliphatic rings. The Morgan fingerprint density at radius 1 is 1.22 bits per heavy atom. The molecule has 0 aromatic heterocycles. The second-order valence-corrected chi connectivity index (χ2v) is 4.84. The molecule has 98 valence electrons. The monoisotopic (exact) mass is 267 g/mol. The fourth-order valence-electron chi connectivity index (χ4n) is 2.04. The molecule has 3 nitrogen and oxygen atoms in total. The summed E-state index contributed by atoms with van der Waals surface area (Å²) < 4.78 is 12.7. The van der Waals surface area contributed by atoms with Gasteiger partial charge in [0.25, 0.3) is 0 Å². The summed E-state index contributed by atoms with van der Waals surface area (Å²) in [4.78, 5) is 2.42. The molecular formula is C13H18FN3S. The lowest BCUT2D eigenvalue weighted by molar-refractivity contribution is 0.344. The van der Waals surface area contributed by atoms with Gasteiger partial charge >= 0.3 is 0 Å². The molecule has 0 atom stereocenters. The normalized spacial score (nSPS) is 15.6. The second-order valence-electron chi connectivity index (χ2n) is 4.44. The van der Waals surface area contributed by atoms with Crippen LogP contribution in [0.25, 0.3) is 0 Å². The number of thiocarbonyl (C=S) groups is 1. The SMILES string of the molecule is Fc1ccc(NC(=S)NCCN2CCCC2)cc1. The van der Waals surface area contributed by atoms with E-state index < -0.39 is 0 Å². The number of benzene rings is 1. The van der Waals surface area contributed by atoms with Gasteiger partial charge in [-0.25, -0.2) is 4.39 Å². The minimum atomic E-state index is -0.242. The van der Waals surface area contributed by atoms with E-state index in [1.807, 2.05) is 0 Å². The molecule has 0 aliphatic carbocycles. The molecule has 0 bridgehead atoms. The van der Waals surface area contributed by atoms with Crippen LogP contribution in [-0.2, 0) is 0 Å². The summed E-state index contributed by atoms with van der Waals surface area (Å²) in [5, 5.41) is 6.77. The van der Waals surface area contributed by atoms with E-state index in [2.05, 4.69) is 15.5 Å². The van der Waals surface area contributed by atoms with Gasteiger partial charge in [-0.05, 0) is 62.4 Å². The molecule has 0 radical (unpaired) electrons. The zero-order valence-electron chi connectivity index (χ0n) is 10.3. The largest absolute Gasteiger partial charge is 0.361 e. The van der Waals surface area contributed by atoms with Crippen LogP contribution in [-0.4, -0.2) is 36.2 Å². The molecule has 1 aliphatic heterocycles. The van der Waals surface area contributed by atoms with E-state index in [0.717, 1.165) is 18.8 Å². The third kappa shape index (κ3) is 4.23. The average molecular weight is 267 g/mol. The number of nitrogens with zero attached hydrogens (tertiary/aromatic N) is 1. The van der Waals surface area contributed by atoms with Crippen LogP contribution in [0.1, 0.15) is 12.8 Å². The fraction of sp³-hybridized carbons (Fsp3) is 0.462. The van der Waals surface area contributed by atoms with Crippen molar-refractivity contribution in [2.45, 2.75) is 12.8 Å². The molecular weight excluding hydrogens is 249 g/mol. The van der Waals surface area contributed by atoms with E-state index in [-0.39, 0.29) is 5.82 Å². The zero-order chi connectivity index (χ0) is 12.8. The lowest BCUT2D eigenvalue weighted by Crippen LogP contribution is -2.35. The van der Waals surface area contributed by atoms with Gasteiger partial charge in [-0.1, -0.05) is 0 Å². The summed E-state index contributed by atoms with van der Waals surface area (Å²) in [6, 6.07) is 6.16. The molecule has 1 saturated heterocycles. The highest BCUT2D eigenvalue weighted by Gasteiger charge is 2.10. The molecule has 18 heavy (non-hydrogen) atoms. The van der Waals surface area contributed by atoms with E-state index in [9.17, 15) is 4.39 Å². The highest BCUT2D eigenvalue weighted by Crippen LogP contribution is 2.08. The first kappa shape index (κ1) is 13.2. The Balaban J connectivity index is 1.66. The van der Waals surface area contributed by atoms with Gasteiger partial charge in [-0.2, -0.15) is 0 Å². The first-order valence-electron chi connectivity index (χ1n) is 6.27. The van der Waals surface area contributed by atoms with Crippen LogP contribution < -0.4 is 10.6 Å². The number of hydrogen-bond donors (Lipinski definition) is 2. The van der Waals surface area contributed by atoms with E-state index in [4.69, 9.17) is 12.2 Å². The lowest BCUT2D eigenvalue weighted by atomic mass is 10.3. The molecule has 0 saturated carbocycles. The van der Waals surface area contributed by atoms with Crippen molar-refractivity contribution in [3.8, 4) is 0 Å². The third-order valence-corrected chi connectivity index (χ3v) is 3.26. The molecule has 0 amide bonds. The van der Waals surface area contributed by atoms with Crippen LogP contribution in [0.5, 0.6) is 0 Å². The Morgan fingerprint density at radius 2 is 1.89 bits per heavy atom. The van der Waals surface area contributed by atoms with Crippen molar-refractivity contribution in [3.63, 3.8) is 0 Å². The van der Waals surface area contributed by atoms with Crippen molar-refractivity contribution in [2.75, 3.05) is 31.5 Å². The van der Waals surface area contributed by atoms with Gasteiger partial charge in [-0.3, -0.25) is 0 Å². The molecule has 2 rings (SSSR count). The Bertz CT molecular complexity index is 388. The van der Waals surface area contributed by atoms with E-state index in [0.29, 0.717) is 5.11 Å². The van der Waals surface area contributed by atoms with Gasteiger partial charge in [0.2, 0.25) is 0 Å². The predicted octanol–water partition coefficient (Wildman–Crippen LogP) is 2.21. The molecule has 1 heterocycles. The van der Waals surface area contributed by atoms with Gasteiger partial charge < -0.3 is 15.5 Å². The van der Waals surface area contributed by atoms with Crippen molar-refractivity contribution in [3.05, 3.63) is 30.1 Å². The van der Waals surface area contributed by atoms with Crippen LogP contribution >= 0.6 is 12.2 Å². The third-order valence-electron chi connectivity index (χ3n) is 3.01. The van der Waals surface area contributed by atoms with Crippen molar-refractivity contribution >= 4 is 23.0 Å². The topological polar surface area (TPSA) is 27.3 Å². The maximum absolute atomic E-state index is 12.7. The molecule has 1 aromatic carbocycles. The maximum Gasteiger partial charge on any atom is 0.170 e. The number of nitrogens with one attached hydrogen (secondary N) is 2. The second kappa shape index (κ2) is 6.66. The minimum absolute atomic E-state index is 0.242. The van der Waals surface area contributed by atoms with Gasteiger partial charge in [-0.15, -0.1) is 0 Å². The van der Waals surface area contributed by atoms with Gasteiger partial charge in [0.05, 0.1) is 0 Å². The quantitative estimate of drug-likeness (QED) is 0.818. The summed E-state index contributed by atoms with van der Waals surface area (Å²) in [7, 11) is 0. The van der Waals surface area contributed by atoms with Crippen LogP contribution in [0, 0.1) is 5.82 Å². The van der Waals surface area contributed by atoms with Crippen molar-refractivity contribution in [1.29, 1.82) is 0 Å². The predicted molar refractivity (Wildman–Crippen MR) is 76.3 cm³/mol. The maximum atomic E-state index is 12.7. The summed E-state index contributed by atoms with van der Waals surface area (Å²) in [6.45, 7) is 4.25. The lowest BCUT2D eigenvalue weighted by Gasteiger charge is -2.16. The first-order valence-corrected chi connectivity index (χ1v) is 6.67. The van der Waals surface area contributed by atoms with Gasteiger partial charge in [0, 0.05) is 18.8 Å². The first-order chi connectivity index (χ1) is 8.74. The zero-order valence-corrected chi connectivity index (χ0v) is 11.1. The van der Waals surface area contributed by atoms with Crippen LogP contribution in [0.3, 0.4) is 0 Å². The Morgan fingerprint density at radius 3 is 2.56 bits per heavy atom. The molecule has 1 aromatic rings. The van der Waals surface area contributed by atoms with Gasteiger partial charge in [0.15, 0.2) is 5.11 Å². The fourth-order valence-corrected chi connectivity index (χ4v) is 2.26. The van der Waals surface area contributed by atoms with E-state index in [1.165, 1.54) is 38.1 Å². The van der Waals surface area contributed by atoms with Crippen molar-refractivity contribution in [1.82, 2.24) is 10.2 Å². The van der Waals surface area contributed by atoms with Crippen molar-refractivity contribution < 1.29 is 4.39 Å². The van der Waals surface area contributed by atoms with Gasteiger partial charge in [0.1, 0.15) is 5.82 Å². The van der Waals surface area contributed by atoms with E-state index in [1.54, 1.807) is 12.1 Å². The van der Waals surface area contributed by atoms with E-state index >= 15 is 0 Å². The smallest absolute Gasteiger partial charge is 0.170 e.